The van der Waals surface area contributed by atoms with Crippen molar-refractivity contribution < 1.29 is 29.0 Å². The summed E-state index contributed by atoms with van der Waals surface area (Å²) < 4.78 is 11.9. The molecule has 2 saturated heterocycles. The molecule has 6 aromatic rings. The number of aliphatic imine (C=N–C) groups is 1. The number of methoxy groups -OCH3 is 1. The van der Waals surface area contributed by atoms with Crippen LogP contribution in [0.2, 0.25) is 10.0 Å². The van der Waals surface area contributed by atoms with E-state index in [9.17, 15) is 14.7 Å². The normalized spacial score (nSPS) is 20.7. The predicted octanol–water partition coefficient (Wildman–Crippen LogP) is 9.65. The van der Waals surface area contributed by atoms with Crippen molar-refractivity contribution in [3.63, 3.8) is 0 Å². The molecule has 5 aromatic carbocycles. The van der Waals surface area contributed by atoms with Crippen LogP contribution >= 0.6 is 23.2 Å². The summed E-state index contributed by atoms with van der Waals surface area (Å²) in [5.74, 6) is 0.942. The van der Waals surface area contributed by atoms with Crippen molar-refractivity contribution in [1.29, 1.82) is 0 Å². The molecule has 5 atom stereocenters. The van der Waals surface area contributed by atoms with Gasteiger partial charge in [0.05, 0.1) is 44.0 Å². The van der Waals surface area contributed by atoms with Crippen LogP contribution < -0.4 is 20.1 Å². The van der Waals surface area contributed by atoms with Crippen LogP contribution in [0.4, 0.5) is 16.2 Å². The zero-order valence-corrected chi connectivity index (χ0v) is 41.8. The van der Waals surface area contributed by atoms with Crippen molar-refractivity contribution in [2.75, 3.05) is 57.1 Å². The average molecular weight is 1010 g/mol. The Hall–Kier alpha value is -6.97. The number of carbonyl (C=O) groups excluding carboxylic acids is 3. The highest BCUT2D eigenvalue weighted by Gasteiger charge is 2.47. The third kappa shape index (κ3) is 10.1. The maximum Gasteiger partial charge on any atom is 0.326 e. The van der Waals surface area contributed by atoms with Gasteiger partial charge in [-0.15, -0.1) is 0 Å². The van der Waals surface area contributed by atoms with E-state index in [-0.39, 0.29) is 68.7 Å². The molecule has 16 heteroatoms. The second-order valence-corrected chi connectivity index (χ2v) is 19.8. The molecule has 0 spiro atoms. The Labute approximate surface area is 429 Å². The lowest BCUT2D eigenvalue weighted by atomic mass is 9.82. The number of aliphatic hydroxyl groups is 1. The van der Waals surface area contributed by atoms with Crippen molar-refractivity contribution >= 4 is 58.3 Å². The summed E-state index contributed by atoms with van der Waals surface area (Å²) in [5, 5.41) is 18.1. The molecule has 5 heterocycles. The molecule has 1 aromatic heterocycles. The van der Waals surface area contributed by atoms with E-state index in [1.54, 1.807) is 48.4 Å². The summed E-state index contributed by atoms with van der Waals surface area (Å²) in [4.78, 5) is 59.6. The monoisotopic (exact) mass is 1010 g/mol. The molecule has 0 unspecified atom stereocenters. The van der Waals surface area contributed by atoms with E-state index in [1.807, 2.05) is 93.0 Å². The van der Waals surface area contributed by atoms with Gasteiger partial charge in [0, 0.05) is 71.5 Å². The molecule has 4 aliphatic rings. The van der Waals surface area contributed by atoms with Crippen LogP contribution in [-0.2, 0) is 16.1 Å². The first-order chi connectivity index (χ1) is 34.9. The number of nitrogens with zero attached hydrogens (tertiary/aromatic N) is 6. The number of piperazine rings is 1. The minimum atomic E-state index is -0.655. The molecule has 0 radical (unpaired) electrons. The van der Waals surface area contributed by atoms with E-state index in [0.29, 0.717) is 38.6 Å². The van der Waals surface area contributed by atoms with Gasteiger partial charge in [-0.1, -0.05) is 65.7 Å². The molecule has 0 aliphatic carbocycles. The van der Waals surface area contributed by atoms with Gasteiger partial charge < -0.3 is 35.0 Å². The molecule has 10 rings (SSSR count). The minimum absolute atomic E-state index is 0.0402. The molecule has 4 aliphatic heterocycles. The standard InChI is InChI=1S/C56H56Cl2N8O6/c1-34(2)72-49-29-43(71-3)16-17-45(49)55-62-52(36-7-12-40(57)13-8-36)53(37-9-14-41(58)15-10-37)66(55)56(70)65-26-25-63(51(69)32-65)31-50(68)60-42-6-4-5-38(27-42)39-11-18-47-46(28-39)54-44(48(33-67)61-47)21-24-64(54)30-35-19-22-59-23-20-35/h4-20,22-23,27-29,34,44,48,52-54,61,67H,21,24-26,30-33H2,1-3H3,(H,60,68)/t44-,48-,52-,53+,54-/m1/s1. The zero-order chi connectivity index (χ0) is 50.0. The number of anilines is 2. The van der Waals surface area contributed by atoms with E-state index in [1.165, 1.54) is 20.9 Å². The van der Waals surface area contributed by atoms with Crippen LogP contribution in [0.1, 0.15) is 66.2 Å². The summed E-state index contributed by atoms with van der Waals surface area (Å²) >= 11 is 12.8. The second kappa shape index (κ2) is 21.0. The molecule has 14 nitrogen and oxygen atoms in total. The van der Waals surface area contributed by atoms with E-state index < -0.39 is 18.1 Å². The average Bonchev–Trinajstić information content (AvgIpc) is 3.99. The van der Waals surface area contributed by atoms with Crippen molar-refractivity contribution in [2.45, 2.75) is 57.1 Å². The van der Waals surface area contributed by atoms with E-state index >= 15 is 4.79 Å². The maximum atomic E-state index is 15.2. The molecular formula is C56H56Cl2N8O6. The number of fused-ring (bicyclic) bond motifs is 3. The smallest absolute Gasteiger partial charge is 0.326 e. The number of rotatable bonds is 13. The molecule has 72 heavy (non-hydrogen) atoms. The fraction of sp³-hybridized carbons (Fsp3) is 0.304. The number of amides is 4. The summed E-state index contributed by atoms with van der Waals surface area (Å²) in [6, 6.07) is 36.7. The Morgan fingerprint density at radius 1 is 0.847 bits per heavy atom. The first kappa shape index (κ1) is 48.6. The number of carbonyl (C=O) groups is 3. The van der Waals surface area contributed by atoms with Gasteiger partial charge in [-0.25, -0.2) is 4.79 Å². The highest BCUT2D eigenvalue weighted by molar-refractivity contribution is 6.30. The summed E-state index contributed by atoms with van der Waals surface area (Å²) in [6.07, 6.45) is 4.40. The third-order valence-electron chi connectivity index (χ3n) is 14.0. The van der Waals surface area contributed by atoms with Crippen LogP contribution in [0.3, 0.4) is 0 Å². The number of nitrogens with one attached hydrogen (secondary N) is 2. The number of likely N-dealkylation sites (tertiary alicyclic amines) is 1. The Balaban J connectivity index is 0.863. The summed E-state index contributed by atoms with van der Waals surface area (Å²) in [6.45, 7) is 5.45. The number of aliphatic hydroxyl groups excluding tert-OH is 1. The lowest BCUT2D eigenvalue weighted by Crippen LogP contribution is -2.57. The van der Waals surface area contributed by atoms with Gasteiger partial charge in [0.1, 0.15) is 29.9 Å². The largest absolute Gasteiger partial charge is 0.497 e. The minimum Gasteiger partial charge on any atom is -0.497 e. The lowest BCUT2D eigenvalue weighted by molar-refractivity contribution is -0.138. The molecule has 0 bridgehead atoms. The molecule has 4 amide bonds. The first-order valence-corrected chi connectivity index (χ1v) is 25.0. The van der Waals surface area contributed by atoms with E-state index in [4.69, 9.17) is 37.7 Å². The van der Waals surface area contributed by atoms with Crippen LogP contribution in [-0.4, -0.2) is 112 Å². The van der Waals surface area contributed by atoms with Gasteiger partial charge >= 0.3 is 6.03 Å². The van der Waals surface area contributed by atoms with Crippen molar-refractivity contribution in [2.24, 2.45) is 10.9 Å². The number of hydrogen-bond acceptors (Lipinski definition) is 10. The molecule has 0 saturated carbocycles. The highest BCUT2D eigenvalue weighted by atomic mass is 35.5. The maximum absolute atomic E-state index is 15.2. The van der Waals surface area contributed by atoms with Crippen LogP contribution in [0.25, 0.3) is 11.1 Å². The number of ether oxygens (including phenoxy) is 2. The molecule has 3 N–H and O–H groups in total. The second-order valence-electron chi connectivity index (χ2n) is 19.0. The number of halogens is 2. The van der Waals surface area contributed by atoms with Crippen molar-refractivity contribution in [1.82, 2.24) is 24.6 Å². The fourth-order valence-electron chi connectivity index (χ4n) is 10.6. The lowest BCUT2D eigenvalue weighted by Gasteiger charge is -2.39. The van der Waals surface area contributed by atoms with Crippen LogP contribution in [0.15, 0.2) is 139 Å². The summed E-state index contributed by atoms with van der Waals surface area (Å²) in [5.41, 5.74) is 8.09. The van der Waals surface area contributed by atoms with Gasteiger partial charge in [0.25, 0.3) is 0 Å². The van der Waals surface area contributed by atoms with Crippen molar-refractivity contribution in [3.8, 4) is 22.6 Å². The van der Waals surface area contributed by atoms with Gasteiger partial charge in [0.2, 0.25) is 11.8 Å². The topological polar surface area (TPSA) is 152 Å². The number of aromatic nitrogens is 1. The summed E-state index contributed by atoms with van der Waals surface area (Å²) in [7, 11) is 1.58. The van der Waals surface area contributed by atoms with Crippen LogP contribution in [0, 0.1) is 5.92 Å². The number of pyridine rings is 1. The molecular weight excluding hydrogens is 952 g/mol. The SMILES string of the molecule is COc1ccc(C2=N[C@H](c3ccc(Cl)cc3)[C@H](c3ccc(Cl)cc3)N2C(=O)N2CCN(CC(=O)Nc3cccc(-c4ccc5c(c4)[C@H]4[C@H](CCN4Cc4ccncc4)[C@@H](CO)N5)c3)C(=O)C2)c(OC(C)C)c1. The van der Waals surface area contributed by atoms with E-state index in [2.05, 4.69) is 38.7 Å². The van der Waals surface area contributed by atoms with Gasteiger partial charge in [0.15, 0.2) is 0 Å². The zero-order valence-electron chi connectivity index (χ0n) is 40.3. The van der Waals surface area contributed by atoms with Crippen LogP contribution in [0.5, 0.6) is 11.5 Å². The number of amidine groups is 1. The number of benzene rings is 5. The van der Waals surface area contributed by atoms with E-state index in [0.717, 1.165) is 47.5 Å². The number of hydrogen-bond donors (Lipinski definition) is 3. The van der Waals surface area contributed by atoms with Crippen molar-refractivity contribution in [3.05, 3.63) is 172 Å². The Morgan fingerprint density at radius 2 is 1.58 bits per heavy atom. The number of urea groups is 1. The van der Waals surface area contributed by atoms with Gasteiger partial charge in [-0.3, -0.25) is 29.4 Å². The van der Waals surface area contributed by atoms with Gasteiger partial charge in [-0.2, -0.15) is 0 Å². The van der Waals surface area contributed by atoms with Gasteiger partial charge in [-0.05, 0) is 133 Å². The highest BCUT2D eigenvalue weighted by Crippen LogP contribution is 2.49. The quantitative estimate of drug-likeness (QED) is 0.103. The molecule has 2 fully saturated rings. The third-order valence-corrected chi connectivity index (χ3v) is 14.5. The Kier molecular flexibility index (Phi) is 14.2. The Bertz CT molecular complexity index is 3000. The fourth-order valence-corrected chi connectivity index (χ4v) is 10.9. The first-order valence-electron chi connectivity index (χ1n) is 24.3. The Morgan fingerprint density at radius 3 is 2.29 bits per heavy atom. The predicted molar refractivity (Wildman–Crippen MR) is 280 cm³/mol. The molecule has 370 valence electrons.